The van der Waals surface area contributed by atoms with Crippen molar-refractivity contribution in [3.63, 3.8) is 0 Å². The van der Waals surface area contributed by atoms with Crippen LogP contribution in [-0.4, -0.2) is 42.8 Å². The first kappa shape index (κ1) is 10.4. The SMILES string of the molecule is O=S1(=O)CCN1CC1CCCC(O)C1. The van der Waals surface area contributed by atoms with Gasteiger partial charge in [0.15, 0.2) is 0 Å². The zero-order valence-electron chi connectivity index (χ0n) is 8.22. The Morgan fingerprint density at radius 2 is 2.14 bits per heavy atom. The molecule has 0 spiro atoms. The fourth-order valence-corrected chi connectivity index (χ4v) is 3.47. The molecule has 5 heteroatoms. The van der Waals surface area contributed by atoms with Crippen LogP contribution in [0.25, 0.3) is 0 Å². The van der Waals surface area contributed by atoms with E-state index in [-0.39, 0.29) is 6.10 Å². The minimum atomic E-state index is -2.89. The predicted molar refractivity (Wildman–Crippen MR) is 53.3 cm³/mol. The molecule has 2 rings (SSSR count). The normalized spacial score (nSPS) is 37.8. The van der Waals surface area contributed by atoms with Gasteiger partial charge in [-0.05, 0) is 25.2 Å². The summed E-state index contributed by atoms with van der Waals surface area (Å²) < 4.78 is 24.0. The lowest BCUT2D eigenvalue weighted by molar-refractivity contribution is 0.0930. The van der Waals surface area contributed by atoms with Crippen LogP contribution in [0.4, 0.5) is 0 Å². The molecular formula is C9H17NO3S. The zero-order valence-corrected chi connectivity index (χ0v) is 9.04. The first-order valence-electron chi connectivity index (χ1n) is 5.24. The third kappa shape index (κ3) is 2.10. The second-order valence-corrected chi connectivity index (χ2v) is 6.45. The number of sulfonamides is 1. The van der Waals surface area contributed by atoms with Crippen LogP contribution in [0.2, 0.25) is 0 Å². The molecule has 0 bridgehead atoms. The van der Waals surface area contributed by atoms with E-state index in [1.807, 2.05) is 0 Å². The van der Waals surface area contributed by atoms with Crippen molar-refractivity contribution >= 4 is 10.0 Å². The number of aliphatic hydroxyl groups excluding tert-OH is 1. The van der Waals surface area contributed by atoms with Crippen molar-refractivity contribution in [2.45, 2.75) is 31.8 Å². The Morgan fingerprint density at radius 3 is 2.64 bits per heavy atom. The highest BCUT2D eigenvalue weighted by Gasteiger charge is 2.34. The Balaban J connectivity index is 1.85. The molecule has 2 atom stereocenters. The van der Waals surface area contributed by atoms with Gasteiger partial charge in [-0.25, -0.2) is 12.7 Å². The van der Waals surface area contributed by atoms with Gasteiger partial charge in [-0.15, -0.1) is 0 Å². The Morgan fingerprint density at radius 1 is 1.36 bits per heavy atom. The van der Waals surface area contributed by atoms with Crippen LogP contribution >= 0.6 is 0 Å². The molecule has 4 nitrogen and oxygen atoms in total. The summed E-state index contributed by atoms with van der Waals surface area (Å²) in [5.41, 5.74) is 0. The topological polar surface area (TPSA) is 57.6 Å². The number of hydrogen-bond acceptors (Lipinski definition) is 3. The van der Waals surface area contributed by atoms with Gasteiger partial charge in [0, 0.05) is 13.1 Å². The summed E-state index contributed by atoms with van der Waals surface area (Å²) in [6, 6.07) is 0. The van der Waals surface area contributed by atoms with Crippen LogP contribution in [0.5, 0.6) is 0 Å². The monoisotopic (exact) mass is 219 g/mol. The second kappa shape index (κ2) is 3.79. The minimum Gasteiger partial charge on any atom is -0.393 e. The molecule has 0 aromatic rings. The van der Waals surface area contributed by atoms with Crippen molar-refractivity contribution in [1.29, 1.82) is 0 Å². The van der Waals surface area contributed by atoms with Crippen LogP contribution in [0.1, 0.15) is 25.7 Å². The quantitative estimate of drug-likeness (QED) is 0.721. The van der Waals surface area contributed by atoms with E-state index in [1.54, 1.807) is 4.31 Å². The standard InChI is InChI=1S/C9H17NO3S/c11-9-3-1-2-8(6-9)7-10-4-5-14(10,12)13/h8-9,11H,1-7H2. The van der Waals surface area contributed by atoms with E-state index in [9.17, 15) is 13.5 Å². The predicted octanol–water partition coefficient (Wildman–Crippen LogP) is 0.183. The molecule has 1 aliphatic carbocycles. The van der Waals surface area contributed by atoms with Crippen molar-refractivity contribution in [1.82, 2.24) is 4.31 Å². The highest BCUT2D eigenvalue weighted by atomic mass is 32.2. The van der Waals surface area contributed by atoms with E-state index in [2.05, 4.69) is 0 Å². The van der Waals surface area contributed by atoms with E-state index in [4.69, 9.17) is 0 Å². The van der Waals surface area contributed by atoms with E-state index >= 15 is 0 Å². The first-order chi connectivity index (χ1) is 6.58. The summed E-state index contributed by atoms with van der Waals surface area (Å²) in [7, 11) is -2.89. The summed E-state index contributed by atoms with van der Waals surface area (Å²) in [5.74, 6) is 0.677. The summed E-state index contributed by atoms with van der Waals surface area (Å²) in [5, 5.41) is 9.45. The molecule has 2 unspecified atom stereocenters. The molecule has 2 aliphatic rings. The van der Waals surface area contributed by atoms with Gasteiger partial charge in [-0.1, -0.05) is 6.42 Å². The lowest BCUT2D eigenvalue weighted by Gasteiger charge is -2.35. The van der Waals surface area contributed by atoms with Crippen LogP contribution in [0.3, 0.4) is 0 Å². The second-order valence-electron chi connectivity index (χ2n) is 4.36. The zero-order chi connectivity index (χ0) is 10.2. The molecule has 82 valence electrons. The maximum Gasteiger partial charge on any atom is 0.215 e. The molecule has 0 amide bonds. The Hall–Kier alpha value is -0.130. The smallest absolute Gasteiger partial charge is 0.215 e. The Bertz CT molecular complexity index is 301. The van der Waals surface area contributed by atoms with Gasteiger partial charge in [0.2, 0.25) is 10.0 Å². The van der Waals surface area contributed by atoms with Crippen LogP contribution in [0.15, 0.2) is 0 Å². The maximum absolute atomic E-state index is 11.2. The molecule has 1 saturated carbocycles. The molecule has 2 fully saturated rings. The summed E-state index contributed by atoms with van der Waals surface area (Å²) in [4.78, 5) is 0. The molecule has 14 heavy (non-hydrogen) atoms. The van der Waals surface area contributed by atoms with Crippen molar-refractivity contribution in [2.75, 3.05) is 18.8 Å². The first-order valence-corrected chi connectivity index (χ1v) is 6.85. The average molecular weight is 219 g/mol. The lowest BCUT2D eigenvalue weighted by Crippen LogP contribution is -2.50. The largest absolute Gasteiger partial charge is 0.393 e. The Labute approximate surface area is 85.0 Å². The van der Waals surface area contributed by atoms with E-state index in [0.29, 0.717) is 24.8 Å². The number of nitrogens with zero attached hydrogens (tertiary/aromatic N) is 1. The molecule has 1 heterocycles. The molecule has 0 aromatic carbocycles. The van der Waals surface area contributed by atoms with Gasteiger partial charge in [0.25, 0.3) is 0 Å². The van der Waals surface area contributed by atoms with Gasteiger partial charge in [-0.3, -0.25) is 0 Å². The van der Waals surface area contributed by atoms with Crippen molar-refractivity contribution in [2.24, 2.45) is 5.92 Å². The maximum atomic E-state index is 11.2. The van der Waals surface area contributed by atoms with Gasteiger partial charge >= 0.3 is 0 Å². The number of rotatable bonds is 2. The van der Waals surface area contributed by atoms with E-state index in [0.717, 1.165) is 25.7 Å². The van der Waals surface area contributed by atoms with Crippen LogP contribution in [0, 0.1) is 5.92 Å². The van der Waals surface area contributed by atoms with E-state index < -0.39 is 10.0 Å². The number of hydrogen-bond donors (Lipinski definition) is 1. The van der Waals surface area contributed by atoms with Gasteiger partial charge in [-0.2, -0.15) is 0 Å². The van der Waals surface area contributed by atoms with Crippen molar-refractivity contribution in [3.05, 3.63) is 0 Å². The molecular weight excluding hydrogens is 202 g/mol. The van der Waals surface area contributed by atoms with Gasteiger partial charge in [0.05, 0.1) is 11.9 Å². The molecule has 1 N–H and O–H groups in total. The fourth-order valence-electron chi connectivity index (χ4n) is 2.29. The van der Waals surface area contributed by atoms with Crippen LogP contribution in [-0.2, 0) is 10.0 Å². The van der Waals surface area contributed by atoms with Crippen molar-refractivity contribution in [3.8, 4) is 0 Å². The van der Waals surface area contributed by atoms with Gasteiger partial charge < -0.3 is 5.11 Å². The summed E-state index contributed by atoms with van der Waals surface area (Å²) >= 11 is 0. The van der Waals surface area contributed by atoms with Crippen molar-refractivity contribution < 1.29 is 13.5 Å². The molecule has 0 radical (unpaired) electrons. The third-order valence-corrected chi connectivity index (χ3v) is 5.03. The Kier molecular flexibility index (Phi) is 2.81. The van der Waals surface area contributed by atoms with Gasteiger partial charge in [0.1, 0.15) is 0 Å². The highest BCUT2D eigenvalue weighted by Crippen LogP contribution is 2.27. The number of aliphatic hydroxyl groups is 1. The minimum absolute atomic E-state index is 0.210. The summed E-state index contributed by atoms with van der Waals surface area (Å²) in [6.45, 7) is 1.30. The molecule has 0 aromatic heterocycles. The fraction of sp³-hybridized carbons (Fsp3) is 1.00. The van der Waals surface area contributed by atoms with Crippen LogP contribution < -0.4 is 0 Å². The summed E-state index contributed by atoms with van der Waals surface area (Å²) in [6.07, 6.45) is 3.52. The molecule has 1 saturated heterocycles. The van der Waals surface area contributed by atoms with E-state index in [1.165, 1.54) is 0 Å². The molecule has 1 aliphatic heterocycles. The lowest BCUT2D eigenvalue weighted by atomic mass is 9.87. The highest BCUT2D eigenvalue weighted by molar-refractivity contribution is 7.90. The average Bonchev–Trinajstić information content (AvgIpc) is 2.13. The third-order valence-electron chi connectivity index (χ3n) is 3.21.